The molecule has 2 N–H and O–H groups in total. The molecule has 0 aromatic heterocycles. The van der Waals surface area contributed by atoms with Gasteiger partial charge in [0.2, 0.25) is 5.91 Å². The number of piperidine rings is 1. The van der Waals surface area contributed by atoms with Crippen LogP contribution in [0.2, 0.25) is 0 Å². The number of hydrogen-bond donors (Lipinski definition) is 2. The molecule has 2 heterocycles. The highest BCUT2D eigenvalue weighted by Gasteiger charge is 2.66. The monoisotopic (exact) mass is 418 g/mol. The lowest BCUT2D eigenvalue weighted by Gasteiger charge is -2.36. The smallest absolute Gasteiger partial charge is 0.410 e. The largest absolute Gasteiger partial charge is 0.444 e. The van der Waals surface area contributed by atoms with Gasteiger partial charge in [0.05, 0.1) is 6.61 Å². The Hall–Kier alpha value is -2.14. The number of aliphatic hydroxyl groups excluding tert-OH is 1. The number of aliphatic hydroxyl groups is 1. The molecule has 0 aromatic rings. The van der Waals surface area contributed by atoms with Crippen LogP contribution in [0.3, 0.4) is 0 Å². The summed E-state index contributed by atoms with van der Waals surface area (Å²) < 4.78 is 5.46. The number of rotatable bonds is 8. The fourth-order valence-corrected chi connectivity index (χ4v) is 4.62. The summed E-state index contributed by atoms with van der Waals surface area (Å²) in [4.78, 5) is 26.4. The standard InChI is InChI=1S/C22H34N4O4/c1-5-6-8-22(24-25-22)9-7-17(28)23-15-21(16-27)14-20(21)10-12-26(13-11-20)18(29)30-19(2,3)4/h1,27H,6-16H2,2-4H3,(H,23,28). The maximum absolute atomic E-state index is 12.3. The second-order valence-corrected chi connectivity index (χ2v) is 10.0. The minimum atomic E-state index is -0.509. The molecule has 3 aliphatic rings. The van der Waals surface area contributed by atoms with Crippen molar-refractivity contribution in [3.05, 3.63) is 0 Å². The van der Waals surface area contributed by atoms with Crippen molar-refractivity contribution in [2.45, 2.75) is 77.0 Å². The topological polar surface area (TPSA) is 104 Å². The Morgan fingerprint density at radius 3 is 2.43 bits per heavy atom. The van der Waals surface area contributed by atoms with Crippen molar-refractivity contribution in [2.75, 3.05) is 26.2 Å². The minimum absolute atomic E-state index is 0.0112. The summed E-state index contributed by atoms with van der Waals surface area (Å²) in [7, 11) is 0. The van der Waals surface area contributed by atoms with Crippen molar-refractivity contribution in [1.29, 1.82) is 0 Å². The van der Waals surface area contributed by atoms with Crippen LogP contribution in [0.25, 0.3) is 0 Å². The van der Waals surface area contributed by atoms with Crippen LogP contribution < -0.4 is 5.32 Å². The van der Waals surface area contributed by atoms with E-state index >= 15 is 0 Å². The number of carbonyl (C=O) groups excluding carboxylic acids is 2. The van der Waals surface area contributed by atoms with Crippen LogP contribution in [-0.2, 0) is 9.53 Å². The number of terminal acetylenes is 1. The van der Waals surface area contributed by atoms with E-state index in [1.807, 2.05) is 20.8 Å². The van der Waals surface area contributed by atoms with Crippen LogP contribution in [0.5, 0.6) is 0 Å². The molecule has 1 aliphatic carbocycles. The van der Waals surface area contributed by atoms with Crippen molar-refractivity contribution in [3.63, 3.8) is 0 Å². The van der Waals surface area contributed by atoms with Crippen LogP contribution in [-0.4, -0.2) is 59.5 Å². The zero-order valence-electron chi connectivity index (χ0n) is 18.4. The maximum Gasteiger partial charge on any atom is 0.410 e. The van der Waals surface area contributed by atoms with E-state index in [9.17, 15) is 14.7 Å². The van der Waals surface area contributed by atoms with Crippen molar-refractivity contribution >= 4 is 12.0 Å². The van der Waals surface area contributed by atoms with Gasteiger partial charge >= 0.3 is 6.09 Å². The highest BCUT2D eigenvalue weighted by atomic mass is 16.6. The van der Waals surface area contributed by atoms with Gasteiger partial charge in [-0.05, 0) is 45.4 Å². The van der Waals surface area contributed by atoms with E-state index < -0.39 is 11.3 Å². The Morgan fingerprint density at radius 1 is 1.23 bits per heavy atom. The third-order valence-corrected chi connectivity index (χ3v) is 6.78. The number of nitrogens with one attached hydrogen (secondary N) is 1. The fourth-order valence-electron chi connectivity index (χ4n) is 4.62. The lowest BCUT2D eigenvalue weighted by molar-refractivity contribution is -0.121. The summed E-state index contributed by atoms with van der Waals surface area (Å²) in [6.07, 6.45) is 9.72. The van der Waals surface area contributed by atoms with E-state index in [0.717, 1.165) is 19.3 Å². The van der Waals surface area contributed by atoms with Gasteiger partial charge < -0.3 is 20.1 Å². The quantitative estimate of drug-likeness (QED) is 0.592. The highest BCUT2D eigenvalue weighted by molar-refractivity contribution is 5.76. The van der Waals surface area contributed by atoms with Crippen LogP contribution in [0, 0.1) is 23.2 Å². The van der Waals surface area contributed by atoms with Crippen molar-refractivity contribution < 1.29 is 19.4 Å². The first-order chi connectivity index (χ1) is 14.1. The molecule has 3 rings (SSSR count). The Kier molecular flexibility index (Phi) is 6.15. The number of ether oxygens (including phenoxy) is 1. The molecule has 8 heteroatoms. The second kappa shape index (κ2) is 8.18. The lowest BCUT2D eigenvalue weighted by atomic mass is 9.84. The molecule has 8 nitrogen and oxygen atoms in total. The number of hydrogen-bond acceptors (Lipinski definition) is 6. The van der Waals surface area contributed by atoms with Gasteiger partial charge in [0.1, 0.15) is 5.60 Å². The van der Waals surface area contributed by atoms with Gasteiger partial charge in [-0.3, -0.25) is 4.79 Å². The Balaban J connectivity index is 1.43. The predicted molar refractivity (Wildman–Crippen MR) is 112 cm³/mol. The molecule has 0 aromatic carbocycles. The van der Waals surface area contributed by atoms with Crippen molar-refractivity contribution in [2.24, 2.45) is 21.1 Å². The average molecular weight is 419 g/mol. The Morgan fingerprint density at radius 2 is 1.90 bits per heavy atom. The zero-order chi connectivity index (χ0) is 22.0. The van der Waals surface area contributed by atoms with Crippen molar-refractivity contribution in [3.8, 4) is 12.3 Å². The number of likely N-dealkylation sites (tertiary alicyclic amines) is 1. The van der Waals surface area contributed by atoms with E-state index in [1.54, 1.807) is 4.90 Å². The van der Waals surface area contributed by atoms with Gasteiger partial charge in [-0.25, -0.2) is 4.79 Å². The van der Waals surface area contributed by atoms with Crippen LogP contribution >= 0.6 is 0 Å². The molecule has 1 unspecified atom stereocenters. The molecular formula is C22H34N4O4. The van der Waals surface area contributed by atoms with Crippen LogP contribution in [0.1, 0.15) is 65.7 Å². The Bertz CT molecular complexity index is 737. The van der Waals surface area contributed by atoms with Gasteiger partial charge in [-0.1, -0.05) is 0 Å². The molecular weight excluding hydrogens is 384 g/mol. The molecule has 1 atom stereocenters. The summed E-state index contributed by atoms with van der Waals surface area (Å²) in [6, 6.07) is 0. The second-order valence-electron chi connectivity index (χ2n) is 10.0. The Labute approximate surface area is 178 Å². The fraction of sp³-hybridized carbons (Fsp3) is 0.818. The average Bonchev–Trinajstić information content (AvgIpc) is 3.59. The first-order valence-corrected chi connectivity index (χ1v) is 10.8. The third-order valence-electron chi connectivity index (χ3n) is 6.78. The molecule has 1 saturated heterocycles. The molecule has 1 spiro atoms. The summed E-state index contributed by atoms with van der Waals surface area (Å²) in [5.41, 5.74) is -1.26. The molecule has 1 saturated carbocycles. The van der Waals surface area contributed by atoms with Gasteiger partial charge in [-0.15, -0.1) is 12.3 Å². The molecule has 2 aliphatic heterocycles. The normalized spacial score (nSPS) is 25.5. The molecule has 0 radical (unpaired) electrons. The van der Waals surface area contributed by atoms with E-state index in [2.05, 4.69) is 21.5 Å². The van der Waals surface area contributed by atoms with E-state index in [4.69, 9.17) is 11.2 Å². The van der Waals surface area contributed by atoms with Gasteiger partial charge in [0.15, 0.2) is 5.66 Å². The van der Waals surface area contributed by atoms with E-state index in [1.165, 1.54) is 0 Å². The first kappa shape index (κ1) is 22.5. The number of nitrogens with zero attached hydrogens (tertiary/aromatic N) is 3. The SMILES string of the molecule is C#CCCC1(CCC(=O)NCC2(CO)CC23CCN(C(=O)OC(C)(C)C)CC3)N=N1. The summed E-state index contributed by atoms with van der Waals surface area (Å²) in [6.45, 7) is 7.31. The highest BCUT2D eigenvalue weighted by Crippen LogP contribution is 2.68. The third kappa shape index (κ3) is 4.94. The van der Waals surface area contributed by atoms with E-state index in [0.29, 0.717) is 45.3 Å². The van der Waals surface area contributed by atoms with E-state index in [-0.39, 0.29) is 29.4 Å². The van der Waals surface area contributed by atoms with Crippen molar-refractivity contribution in [1.82, 2.24) is 10.2 Å². The summed E-state index contributed by atoms with van der Waals surface area (Å²) >= 11 is 0. The predicted octanol–water partition coefficient (Wildman–Crippen LogP) is 2.86. The number of carbonyl (C=O) groups is 2. The number of amides is 2. The van der Waals surface area contributed by atoms with Gasteiger partial charge in [0, 0.05) is 50.7 Å². The first-order valence-electron chi connectivity index (χ1n) is 10.8. The summed E-state index contributed by atoms with van der Waals surface area (Å²) in [5, 5.41) is 21.2. The summed E-state index contributed by atoms with van der Waals surface area (Å²) in [5.74, 6) is 2.54. The molecule has 2 amide bonds. The molecule has 0 bridgehead atoms. The zero-order valence-corrected chi connectivity index (χ0v) is 18.4. The van der Waals surface area contributed by atoms with Gasteiger partial charge in [-0.2, -0.15) is 10.2 Å². The maximum atomic E-state index is 12.3. The molecule has 30 heavy (non-hydrogen) atoms. The molecule has 166 valence electrons. The molecule has 2 fully saturated rings. The van der Waals surface area contributed by atoms with Crippen LogP contribution in [0.15, 0.2) is 10.2 Å². The minimum Gasteiger partial charge on any atom is -0.444 e. The lowest BCUT2D eigenvalue weighted by Crippen LogP contribution is -2.44. The van der Waals surface area contributed by atoms with Gasteiger partial charge in [0.25, 0.3) is 0 Å². The van der Waals surface area contributed by atoms with Crippen LogP contribution in [0.4, 0.5) is 4.79 Å².